The van der Waals surface area contributed by atoms with Gasteiger partial charge in [0.15, 0.2) is 5.96 Å². The molecule has 0 aliphatic rings. The van der Waals surface area contributed by atoms with Crippen LogP contribution in [0.1, 0.15) is 12.8 Å². The van der Waals surface area contributed by atoms with Gasteiger partial charge in [0.25, 0.3) is 0 Å². The second-order valence-electron chi connectivity index (χ2n) is 3.02. The van der Waals surface area contributed by atoms with E-state index in [9.17, 15) is 13.2 Å². The Bertz CT molecular complexity index is 376. The summed E-state index contributed by atoms with van der Waals surface area (Å²) < 4.78 is 24.2. The molecular weight excluding hydrogens is 254 g/mol. The second-order valence-corrected chi connectivity index (χ2v) is 4.14. The average molecular weight is 269 g/mol. The summed E-state index contributed by atoms with van der Waals surface area (Å²) >= 11 is 0. The van der Waals surface area contributed by atoms with Crippen LogP contribution in [0.2, 0.25) is 0 Å². The van der Waals surface area contributed by atoms with Crippen LogP contribution < -0.4 is 22.3 Å². The SMILES string of the molecule is NC(N)=NCCCC(N)C(=O)OOS(N)(=O)=O. The second kappa shape index (κ2) is 7.01. The Morgan fingerprint density at radius 1 is 1.35 bits per heavy atom. The van der Waals surface area contributed by atoms with Crippen LogP contribution in [0.3, 0.4) is 0 Å². The van der Waals surface area contributed by atoms with Crippen LogP contribution in [0.15, 0.2) is 4.99 Å². The minimum atomic E-state index is -4.34. The van der Waals surface area contributed by atoms with Crippen LogP contribution in [0.5, 0.6) is 0 Å². The molecule has 11 heteroatoms. The van der Waals surface area contributed by atoms with Crippen molar-refractivity contribution in [3.8, 4) is 0 Å². The van der Waals surface area contributed by atoms with Crippen molar-refractivity contribution in [1.82, 2.24) is 0 Å². The van der Waals surface area contributed by atoms with E-state index < -0.39 is 22.3 Å². The van der Waals surface area contributed by atoms with Gasteiger partial charge in [0.05, 0.1) is 0 Å². The Labute approximate surface area is 98.1 Å². The van der Waals surface area contributed by atoms with Gasteiger partial charge in [0.1, 0.15) is 6.04 Å². The third kappa shape index (κ3) is 9.50. The van der Waals surface area contributed by atoms with Gasteiger partial charge < -0.3 is 17.2 Å². The monoisotopic (exact) mass is 269 g/mol. The summed E-state index contributed by atoms with van der Waals surface area (Å²) in [6.07, 6.45) is 0.618. The van der Waals surface area contributed by atoms with Crippen molar-refractivity contribution in [3.05, 3.63) is 0 Å². The number of carbonyl (C=O) groups excluding carboxylic acids is 1. The lowest BCUT2D eigenvalue weighted by molar-refractivity contribution is -0.213. The summed E-state index contributed by atoms with van der Waals surface area (Å²) in [6, 6.07) is -1.05. The van der Waals surface area contributed by atoms with Gasteiger partial charge >= 0.3 is 16.3 Å². The molecule has 0 aliphatic heterocycles. The molecule has 0 aliphatic carbocycles. The summed E-state index contributed by atoms with van der Waals surface area (Å²) in [4.78, 5) is 18.6. The molecule has 0 radical (unpaired) electrons. The predicted molar refractivity (Wildman–Crippen MR) is 58.2 cm³/mol. The molecule has 1 unspecified atom stereocenters. The molecule has 0 saturated heterocycles. The van der Waals surface area contributed by atoms with Crippen LogP contribution in [0.25, 0.3) is 0 Å². The maximum absolute atomic E-state index is 11.0. The first-order valence-corrected chi connectivity index (χ1v) is 5.93. The summed E-state index contributed by atoms with van der Waals surface area (Å²) in [6.45, 7) is 0.291. The highest BCUT2D eigenvalue weighted by Gasteiger charge is 2.18. The molecule has 0 heterocycles. The third-order valence-corrected chi connectivity index (χ3v) is 1.74. The van der Waals surface area contributed by atoms with Crippen LogP contribution in [0.4, 0.5) is 0 Å². The van der Waals surface area contributed by atoms with Crippen molar-refractivity contribution in [3.63, 3.8) is 0 Å². The maximum atomic E-state index is 11.0. The molecule has 0 fully saturated rings. The first-order valence-electron chi connectivity index (χ1n) is 4.46. The number of hydrogen-bond acceptors (Lipinski definition) is 7. The third-order valence-electron chi connectivity index (χ3n) is 1.48. The Balaban J connectivity index is 3.87. The number of rotatable bonds is 7. The van der Waals surface area contributed by atoms with Crippen molar-refractivity contribution >= 4 is 22.2 Å². The first kappa shape index (κ1) is 15.6. The van der Waals surface area contributed by atoms with E-state index in [1.807, 2.05) is 0 Å². The zero-order valence-corrected chi connectivity index (χ0v) is 9.72. The number of guanidine groups is 1. The summed E-state index contributed by atoms with van der Waals surface area (Å²) in [5.74, 6) is -1.12. The standard InChI is InChI=1S/C6H15N5O5S/c7-4(2-1-3-11-6(8)9)5(12)15-16-17(10,13)14/h4H,1-3,7H2,(H4,8,9,11)(H2,10,13,14). The molecule has 0 aromatic heterocycles. The molecule has 8 N–H and O–H groups in total. The zero-order chi connectivity index (χ0) is 13.5. The minimum Gasteiger partial charge on any atom is -0.370 e. The van der Waals surface area contributed by atoms with Crippen molar-refractivity contribution < 1.29 is 22.4 Å². The van der Waals surface area contributed by atoms with Gasteiger partial charge in [-0.1, -0.05) is 0 Å². The van der Waals surface area contributed by atoms with Crippen LogP contribution in [-0.2, 0) is 24.3 Å². The number of carbonyl (C=O) groups is 1. The van der Waals surface area contributed by atoms with Crippen molar-refractivity contribution in [2.45, 2.75) is 18.9 Å². The Morgan fingerprint density at radius 3 is 2.41 bits per heavy atom. The Hall–Kier alpha value is -1.43. The highest BCUT2D eigenvalue weighted by molar-refractivity contribution is 7.84. The molecule has 100 valence electrons. The molecule has 0 amide bonds. The molecule has 0 saturated carbocycles. The lowest BCUT2D eigenvalue weighted by Gasteiger charge is -2.07. The zero-order valence-electron chi connectivity index (χ0n) is 8.90. The van der Waals surface area contributed by atoms with Crippen molar-refractivity contribution in [1.29, 1.82) is 0 Å². The van der Waals surface area contributed by atoms with Gasteiger partial charge in [-0.2, -0.15) is 8.42 Å². The summed E-state index contributed by atoms with van der Waals surface area (Å²) in [5.41, 5.74) is 15.5. The highest BCUT2D eigenvalue weighted by atomic mass is 32.2. The van der Waals surface area contributed by atoms with Gasteiger partial charge in [-0.05, 0) is 17.2 Å². The fourth-order valence-electron chi connectivity index (χ4n) is 0.780. The van der Waals surface area contributed by atoms with Gasteiger partial charge in [-0.3, -0.25) is 9.88 Å². The molecule has 17 heavy (non-hydrogen) atoms. The smallest absolute Gasteiger partial charge is 0.368 e. The van der Waals surface area contributed by atoms with Gasteiger partial charge in [0, 0.05) is 6.54 Å². The fraction of sp³-hybridized carbons (Fsp3) is 0.667. The topological polar surface area (TPSA) is 186 Å². The van der Waals surface area contributed by atoms with Gasteiger partial charge in [-0.25, -0.2) is 9.93 Å². The number of nitrogens with two attached hydrogens (primary N) is 4. The molecule has 0 bridgehead atoms. The Kier molecular flexibility index (Phi) is 6.42. The number of nitrogens with zero attached hydrogens (tertiary/aromatic N) is 1. The van der Waals surface area contributed by atoms with Crippen LogP contribution in [-0.4, -0.2) is 32.9 Å². The van der Waals surface area contributed by atoms with E-state index in [0.29, 0.717) is 13.0 Å². The Morgan fingerprint density at radius 2 is 1.94 bits per heavy atom. The summed E-state index contributed by atoms with van der Waals surface area (Å²) in [7, 11) is -4.34. The van der Waals surface area contributed by atoms with E-state index in [2.05, 4.69) is 19.4 Å². The maximum Gasteiger partial charge on any atom is 0.368 e. The van der Waals surface area contributed by atoms with Crippen molar-refractivity contribution in [2.75, 3.05) is 6.54 Å². The molecule has 0 aromatic carbocycles. The molecular formula is C6H15N5O5S. The first-order chi connectivity index (χ1) is 7.72. The molecule has 0 spiro atoms. The molecule has 1 atom stereocenters. The highest BCUT2D eigenvalue weighted by Crippen LogP contribution is 1.99. The molecule has 0 rings (SSSR count). The van der Waals surface area contributed by atoms with Gasteiger partial charge in [0.2, 0.25) is 0 Å². The fourth-order valence-corrected chi connectivity index (χ4v) is 0.942. The lowest BCUT2D eigenvalue weighted by Crippen LogP contribution is -2.34. The molecule has 0 aromatic rings. The number of hydrogen-bond donors (Lipinski definition) is 4. The minimum absolute atomic E-state index is 0.0706. The van der Waals surface area contributed by atoms with Crippen LogP contribution >= 0.6 is 0 Å². The summed E-state index contributed by atoms with van der Waals surface area (Å²) in [5, 5.41) is 4.43. The predicted octanol–water partition coefficient (Wildman–Crippen LogP) is -2.95. The number of aliphatic imine (C=N–C) groups is 1. The van der Waals surface area contributed by atoms with E-state index in [1.54, 1.807) is 0 Å². The van der Waals surface area contributed by atoms with E-state index in [1.165, 1.54) is 0 Å². The largest absolute Gasteiger partial charge is 0.370 e. The normalized spacial score (nSPS) is 12.8. The van der Waals surface area contributed by atoms with E-state index >= 15 is 0 Å². The van der Waals surface area contributed by atoms with Gasteiger partial charge in [-0.15, -0.1) is 0 Å². The van der Waals surface area contributed by atoms with Crippen LogP contribution in [0, 0.1) is 0 Å². The van der Waals surface area contributed by atoms with E-state index in [0.717, 1.165) is 0 Å². The lowest BCUT2D eigenvalue weighted by atomic mass is 10.2. The van der Waals surface area contributed by atoms with E-state index in [4.69, 9.17) is 17.2 Å². The quantitative estimate of drug-likeness (QED) is 0.124. The van der Waals surface area contributed by atoms with E-state index in [-0.39, 0.29) is 12.4 Å². The average Bonchev–Trinajstić information content (AvgIpc) is 2.19. The molecule has 10 nitrogen and oxygen atoms in total. The van der Waals surface area contributed by atoms with Crippen molar-refractivity contribution in [2.24, 2.45) is 27.3 Å².